The van der Waals surface area contributed by atoms with Crippen LogP contribution < -0.4 is 10.0 Å². The Labute approximate surface area is 154 Å². The average Bonchev–Trinajstić information content (AvgIpc) is 2.93. The smallest absolute Gasteiger partial charge is 0.176 e. The number of allylic oxidation sites excluding steroid dienone is 5. The Bertz CT molecular complexity index is 737. The zero-order valence-corrected chi connectivity index (χ0v) is 15.8. The fourth-order valence-electron chi connectivity index (χ4n) is 2.92. The number of hydrogen-bond acceptors (Lipinski definition) is 2. The Kier molecular flexibility index (Phi) is 5.81. The number of ether oxygens (including phenoxy) is 1. The molecule has 2 aliphatic rings. The van der Waals surface area contributed by atoms with Gasteiger partial charge in [-0.25, -0.2) is 0 Å². The van der Waals surface area contributed by atoms with Gasteiger partial charge < -0.3 is 4.74 Å². The van der Waals surface area contributed by atoms with Crippen LogP contribution in [0.1, 0.15) is 36.0 Å². The van der Waals surface area contributed by atoms with Gasteiger partial charge in [-0.2, -0.15) is 0 Å². The molecule has 0 N–H and O–H groups in total. The highest BCUT2D eigenvalue weighted by molar-refractivity contribution is 7.51. The van der Waals surface area contributed by atoms with E-state index in [1.165, 1.54) is 0 Å². The lowest BCUT2D eigenvalue weighted by Gasteiger charge is -2.12. The zero-order chi connectivity index (χ0) is 17.1. The van der Waals surface area contributed by atoms with Gasteiger partial charge in [-0.3, -0.25) is 4.79 Å². The monoisotopic (exact) mass is 380 g/mol. The summed E-state index contributed by atoms with van der Waals surface area (Å²) in [6.07, 6.45) is 12.0. The van der Waals surface area contributed by atoms with E-state index in [9.17, 15) is 4.79 Å². The summed E-state index contributed by atoms with van der Waals surface area (Å²) in [6, 6.07) is 1.89. The first-order chi connectivity index (χ1) is 11.6. The largest absolute Gasteiger partial charge is 0.492 e. The minimum atomic E-state index is -0.124. The molecule has 1 unspecified atom stereocenters. The van der Waals surface area contributed by atoms with Gasteiger partial charge in [0.05, 0.1) is 17.3 Å². The Morgan fingerprint density at radius 3 is 2.88 bits per heavy atom. The van der Waals surface area contributed by atoms with Crippen molar-refractivity contribution in [1.82, 2.24) is 0 Å². The molecule has 0 fully saturated rings. The van der Waals surface area contributed by atoms with Crippen molar-refractivity contribution in [2.75, 3.05) is 6.61 Å². The summed E-state index contributed by atoms with van der Waals surface area (Å²) in [6.45, 7) is 4.25. The van der Waals surface area contributed by atoms with Crippen molar-refractivity contribution in [3.05, 3.63) is 58.1 Å². The standard InChI is InChI=1S/C19H19Cl2O2P/c1-2-3-7-10-23-13-11-14-15(17(21)16(13)20)18(22)19(24-14)12-8-5-4-6-9-12/h2,5,8-9,11,19,24H,1,3-4,6-7,10H2/t19-/m0/s1. The van der Waals surface area contributed by atoms with Gasteiger partial charge in [0.25, 0.3) is 0 Å². The lowest BCUT2D eigenvalue weighted by atomic mass is 9.98. The van der Waals surface area contributed by atoms with Crippen LogP contribution in [0, 0.1) is 0 Å². The van der Waals surface area contributed by atoms with E-state index >= 15 is 0 Å². The van der Waals surface area contributed by atoms with Crippen LogP contribution in [0.15, 0.2) is 42.5 Å². The first-order valence-corrected chi connectivity index (χ1v) is 9.90. The van der Waals surface area contributed by atoms with Crippen molar-refractivity contribution < 1.29 is 9.53 Å². The van der Waals surface area contributed by atoms with Crippen LogP contribution in [0.2, 0.25) is 10.0 Å². The molecule has 0 saturated heterocycles. The molecule has 0 spiro atoms. The molecule has 3 rings (SSSR count). The van der Waals surface area contributed by atoms with E-state index in [1.807, 2.05) is 12.1 Å². The Morgan fingerprint density at radius 1 is 1.33 bits per heavy atom. The van der Waals surface area contributed by atoms with E-state index in [2.05, 4.69) is 24.8 Å². The molecule has 2 atom stereocenters. The molecule has 0 saturated carbocycles. The van der Waals surface area contributed by atoms with Crippen molar-refractivity contribution in [2.24, 2.45) is 0 Å². The van der Waals surface area contributed by atoms with E-state index in [-0.39, 0.29) is 11.4 Å². The lowest BCUT2D eigenvalue weighted by Crippen LogP contribution is -2.14. The quantitative estimate of drug-likeness (QED) is 0.370. The molecule has 1 heterocycles. The predicted octanol–water partition coefficient (Wildman–Crippen LogP) is 5.48. The third kappa shape index (κ3) is 3.47. The molecule has 5 heteroatoms. The Balaban J connectivity index is 1.85. The second kappa shape index (κ2) is 7.87. The molecule has 126 valence electrons. The maximum atomic E-state index is 12.8. The van der Waals surface area contributed by atoms with Crippen molar-refractivity contribution in [3.63, 3.8) is 0 Å². The molecule has 1 aliphatic heterocycles. The number of Topliss-reactive ketones (excluding diaryl/α,β-unsaturated/α-hetero) is 1. The third-order valence-electron chi connectivity index (χ3n) is 4.15. The number of benzene rings is 1. The highest BCUT2D eigenvalue weighted by atomic mass is 35.5. The van der Waals surface area contributed by atoms with Crippen molar-refractivity contribution in [1.29, 1.82) is 0 Å². The van der Waals surface area contributed by atoms with Crippen molar-refractivity contribution in [3.8, 4) is 5.75 Å². The van der Waals surface area contributed by atoms with Gasteiger partial charge in [-0.15, -0.1) is 6.58 Å². The van der Waals surface area contributed by atoms with Gasteiger partial charge in [0.1, 0.15) is 10.8 Å². The number of unbranched alkanes of at least 4 members (excludes halogenated alkanes) is 1. The van der Waals surface area contributed by atoms with Gasteiger partial charge in [-0.1, -0.05) is 56.1 Å². The predicted molar refractivity (Wildman–Crippen MR) is 104 cm³/mol. The first kappa shape index (κ1) is 17.7. The number of halogens is 2. The Hall–Kier alpha value is -1.08. The third-order valence-corrected chi connectivity index (χ3v) is 6.59. The van der Waals surface area contributed by atoms with Gasteiger partial charge in [-0.05, 0) is 42.6 Å². The van der Waals surface area contributed by atoms with Crippen LogP contribution >= 0.6 is 31.8 Å². The van der Waals surface area contributed by atoms with Gasteiger partial charge in [0.15, 0.2) is 5.78 Å². The van der Waals surface area contributed by atoms with Crippen LogP contribution in [0.5, 0.6) is 5.75 Å². The fraction of sp³-hybridized carbons (Fsp3) is 0.316. The van der Waals surface area contributed by atoms with Crippen molar-refractivity contribution >= 4 is 42.9 Å². The van der Waals surface area contributed by atoms with E-state index in [4.69, 9.17) is 27.9 Å². The normalized spacial score (nSPS) is 20.2. The van der Waals surface area contributed by atoms with E-state index in [0.717, 1.165) is 36.6 Å². The molecule has 1 aromatic carbocycles. The number of carbonyl (C=O) groups is 1. The first-order valence-electron chi connectivity index (χ1n) is 8.06. The summed E-state index contributed by atoms with van der Waals surface area (Å²) in [7, 11) is 0.368. The minimum absolute atomic E-state index is 0.0752. The maximum Gasteiger partial charge on any atom is 0.176 e. The molecule has 24 heavy (non-hydrogen) atoms. The van der Waals surface area contributed by atoms with Crippen LogP contribution in [-0.4, -0.2) is 18.0 Å². The second-order valence-corrected chi connectivity index (χ2v) is 7.99. The summed E-state index contributed by atoms with van der Waals surface area (Å²) in [5, 5.41) is 1.62. The SMILES string of the molecule is C=CCCCOc1cc2c(c(Cl)c1Cl)C(=O)[C@H](C1=CCCC=C1)P2. The second-order valence-electron chi connectivity index (χ2n) is 5.83. The molecule has 2 nitrogen and oxygen atoms in total. The van der Waals surface area contributed by atoms with Crippen LogP contribution in [0.3, 0.4) is 0 Å². The number of rotatable bonds is 6. The van der Waals surface area contributed by atoms with Crippen molar-refractivity contribution in [2.45, 2.75) is 31.3 Å². The maximum absolute atomic E-state index is 12.8. The summed E-state index contributed by atoms with van der Waals surface area (Å²) < 4.78 is 5.76. The number of fused-ring (bicyclic) bond motifs is 1. The topological polar surface area (TPSA) is 26.3 Å². The molecule has 1 aliphatic carbocycles. The van der Waals surface area contributed by atoms with Crippen LogP contribution in [-0.2, 0) is 0 Å². The molecular weight excluding hydrogens is 362 g/mol. The summed E-state index contributed by atoms with van der Waals surface area (Å²) in [5.41, 5.74) is 1.55. The van der Waals surface area contributed by atoms with E-state index in [1.54, 1.807) is 0 Å². The highest BCUT2D eigenvalue weighted by Gasteiger charge is 2.36. The summed E-state index contributed by atoms with van der Waals surface area (Å²) in [5.74, 6) is 0.643. The average molecular weight is 381 g/mol. The fourth-order valence-corrected chi connectivity index (χ4v) is 5.07. The zero-order valence-electron chi connectivity index (χ0n) is 13.3. The molecule has 0 amide bonds. The van der Waals surface area contributed by atoms with Crippen LogP contribution in [0.4, 0.5) is 0 Å². The van der Waals surface area contributed by atoms with Gasteiger partial charge in [0, 0.05) is 5.56 Å². The minimum Gasteiger partial charge on any atom is -0.492 e. The van der Waals surface area contributed by atoms with Crippen LogP contribution in [0.25, 0.3) is 0 Å². The number of carbonyl (C=O) groups excluding carboxylic acids is 1. The summed E-state index contributed by atoms with van der Waals surface area (Å²) in [4.78, 5) is 12.8. The molecule has 0 aromatic heterocycles. The highest BCUT2D eigenvalue weighted by Crippen LogP contribution is 2.45. The molecule has 0 radical (unpaired) electrons. The molecule has 1 aromatic rings. The Morgan fingerprint density at radius 2 is 2.17 bits per heavy atom. The summed E-state index contributed by atoms with van der Waals surface area (Å²) >= 11 is 12.7. The van der Waals surface area contributed by atoms with Gasteiger partial charge in [0.2, 0.25) is 0 Å². The molecule has 0 bridgehead atoms. The van der Waals surface area contributed by atoms with E-state index < -0.39 is 0 Å². The molecular formula is C19H19Cl2O2P. The van der Waals surface area contributed by atoms with E-state index in [0.29, 0.717) is 36.5 Å². The number of ketones is 1. The number of hydrogen-bond donors (Lipinski definition) is 0. The van der Waals surface area contributed by atoms with Gasteiger partial charge >= 0.3 is 0 Å². The lowest BCUT2D eigenvalue weighted by molar-refractivity contribution is 0.100.